The van der Waals surface area contributed by atoms with Crippen molar-refractivity contribution >= 4 is 35.5 Å². The van der Waals surface area contributed by atoms with Crippen molar-refractivity contribution in [3.8, 4) is 5.75 Å². The van der Waals surface area contributed by atoms with E-state index in [1.165, 1.54) is 12.1 Å². The van der Waals surface area contributed by atoms with Crippen LogP contribution in [0, 0.1) is 0 Å². The SMILES string of the molecule is C[C@H](C(=O)O)c1ccc(O)cc1.[NaH]. The van der Waals surface area contributed by atoms with Gasteiger partial charge in [-0.05, 0) is 24.6 Å². The summed E-state index contributed by atoms with van der Waals surface area (Å²) in [5.41, 5.74) is 0.695. The summed E-state index contributed by atoms with van der Waals surface area (Å²) in [6.45, 7) is 1.61. The fourth-order valence-corrected chi connectivity index (χ4v) is 0.906. The third-order valence-electron chi connectivity index (χ3n) is 1.76. The number of benzene rings is 1. The molecule has 4 heteroatoms. The summed E-state index contributed by atoms with van der Waals surface area (Å²) >= 11 is 0. The molecule has 0 spiro atoms. The molecule has 0 heterocycles. The van der Waals surface area contributed by atoms with Crippen LogP contribution >= 0.6 is 0 Å². The van der Waals surface area contributed by atoms with Crippen molar-refractivity contribution in [2.24, 2.45) is 0 Å². The van der Waals surface area contributed by atoms with E-state index in [9.17, 15) is 4.79 Å². The van der Waals surface area contributed by atoms with E-state index in [1.807, 2.05) is 0 Å². The fraction of sp³-hybridized carbons (Fsp3) is 0.222. The van der Waals surface area contributed by atoms with Gasteiger partial charge in [-0.15, -0.1) is 0 Å². The summed E-state index contributed by atoms with van der Waals surface area (Å²) in [4.78, 5) is 10.5. The van der Waals surface area contributed by atoms with E-state index in [1.54, 1.807) is 19.1 Å². The number of phenols is 1. The second kappa shape index (κ2) is 5.27. The molecule has 0 radical (unpaired) electrons. The van der Waals surface area contributed by atoms with Crippen LogP contribution in [0.2, 0.25) is 0 Å². The number of aliphatic carboxylic acids is 1. The molecule has 1 aromatic carbocycles. The van der Waals surface area contributed by atoms with Crippen LogP contribution in [-0.4, -0.2) is 45.7 Å². The van der Waals surface area contributed by atoms with Gasteiger partial charge >= 0.3 is 35.5 Å². The summed E-state index contributed by atoms with van der Waals surface area (Å²) in [6, 6.07) is 6.17. The van der Waals surface area contributed by atoms with Crippen molar-refractivity contribution in [2.45, 2.75) is 12.8 Å². The van der Waals surface area contributed by atoms with Gasteiger partial charge in [-0.2, -0.15) is 0 Å². The molecular formula is C9H11NaO3. The molecule has 0 saturated heterocycles. The third-order valence-corrected chi connectivity index (χ3v) is 1.76. The van der Waals surface area contributed by atoms with Gasteiger partial charge in [-0.3, -0.25) is 4.79 Å². The molecule has 13 heavy (non-hydrogen) atoms. The first-order chi connectivity index (χ1) is 5.61. The van der Waals surface area contributed by atoms with E-state index < -0.39 is 11.9 Å². The minimum absolute atomic E-state index is 0. The number of hydrogen-bond donors (Lipinski definition) is 2. The molecule has 2 N–H and O–H groups in total. The summed E-state index contributed by atoms with van der Waals surface area (Å²) in [5, 5.41) is 17.6. The molecule has 0 saturated carbocycles. The van der Waals surface area contributed by atoms with Crippen LogP contribution in [0.25, 0.3) is 0 Å². The van der Waals surface area contributed by atoms with Crippen molar-refractivity contribution in [1.29, 1.82) is 0 Å². The van der Waals surface area contributed by atoms with E-state index in [4.69, 9.17) is 10.2 Å². The second-order valence-electron chi connectivity index (χ2n) is 2.65. The van der Waals surface area contributed by atoms with Gasteiger partial charge in [0.25, 0.3) is 0 Å². The summed E-state index contributed by atoms with van der Waals surface area (Å²) < 4.78 is 0. The van der Waals surface area contributed by atoms with Gasteiger partial charge in [-0.1, -0.05) is 12.1 Å². The van der Waals surface area contributed by atoms with E-state index >= 15 is 0 Å². The van der Waals surface area contributed by atoms with Crippen molar-refractivity contribution in [3.05, 3.63) is 29.8 Å². The van der Waals surface area contributed by atoms with Crippen LogP contribution in [0.15, 0.2) is 24.3 Å². The van der Waals surface area contributed by atoms with E-state index in [-0.39, 0.29) is 35.3 Å². The number of aromatic hydroxyl groups is 1. The van der Waals surface area contributed by atoms with E-state index in [0.717, 1.165) is 0 Å². The molecule has 1 rings (SSSR count). The van der Waals surface area contributed by atoms with Crippen LogP contribution in [0.5, 0.6) is 5.75 Å². The summed E-state index contributed by atoms with van der Waals surface area (Å²) in [5.74, 6) is -1.23. The Hall–Kier alpha value is -0.510. The first-order valence-electron chi connectivity index (χ1n) is 3.63. The van der Waals surface area contributed by atoms with Gasteiger partial charge in [0.05, 0.1) is 5.92 Å². The van der Waals surface area contributed by atoms with Crippen LogP contribution in [0.1, 0.15) is 18.4 Å². The molecule has 1 aromatic rings. The van der Waals surface area contributed by atoms with E-state index in [0.29, 0.717) is 5.56 Å². The average Bonchev–Trinajstić information content (AvgIpc) is 2.04. The summed E-state index contributed by atoms with van der Waals surface area (Å²) in [7, 11) is 0. The molecule has 0 aliphatic rings. The Morgan fingerprint density at radius 2 is 1.77 bits per heavy atom. The second-order valence-corrected chi connectivity index (χ2v) is 2.65. The molecule has 1 atom stereocenters. The molecule has 0 bridgehead atoms. The van der Waals surface area contributed by atoms with Crippen LogP contribution in [0.3, 0.4) is 0 Å². The number of carboxylic acids is 1. The monoisotopic (exact) mass is 190 g/mol. The topological polar surface area (TPSA) is 57.5 Å². The van der Waals surface area contributed by atoms with Crippen LogP contribution in [0.4, 0.5) is 0 Å². The van der Waals surface area contributed by atoms with Gasteiger partial charge in [-0.25, -0.2) is 0 Å². The van der Waals surface area contributed by atoms with Gasteiger partial charge in [0.1, 0.15) is 5.75 Å². The van der Waals surface area contributed by atoms with E-state index in [2.05, 4.69) is 0 Å². The van der Waals surface area contributed by atoms with Gasteiger partial charge in [0.15, 0.2) is 0 Å². The first-order valence-corrected chi connectivity index (χ1v) is 3.63. The van der Waals surface area contributed by atoms with Crippen molar-refractivity contribution in [2.75, 3.05) is 0 Å². The molecule has 0 amide bonds. The molecular weight excluding hydrogens is 179 g/mol. The molecule has 0 fully saturated rings. The number of carbonyl (C=O) groups is 1. The number of phenolic OH excluding ortho intramolecular Hbond substituents is 1. The van der Waals surface area contributed by atoms with Crippen LogP contribution in [-0.2, 0) is 4.79 Å². The predicted molar refractivity (Wildman–Crippen MR) is 51.3 cm³/mol. The standard InChI is InChI=1S/C9H10O3.Na.H/c1-6(9(11)12)7-2-4-8(10)5-3-7;;/h2-6,10H,1H3,(H,11,12);;/t6-;;/m0../s1. The predicted octanol–water partition coefficient (Wildman–Crippen LogP) is 0.932. The molecule has 3 nitrogen and oxygen atoms in total. The van der Waals surface area contributed by atoms with Gasteiger partial charge in [0, 0.05) is 0 Å². The fourth-order valence-electron chi connectivity index (χ4n) is 0.906. The zero-order chi connectivity index (χ0) is 9.14. The minimum atomic E-state index is -0.860. The first kappa shape index (κ1) is 12.5. The van der Waals surface area contributed by atoms with Gasteiger partial charge < -0.3 is 10.2 Å². The molecule has 0 unspecified atom stereocenters. The Labute approximate surface area is 98.7 Å². The van der Waals surface area contributed by atoms with Crippen molar-refractivity contribution in [3.63, 3.8) is 0 Å². The normalized spacial score (nSPS) is 11.5. The maximum absolute atomic E-state index is 10.5. The zero-order valence-corrected chi connectivity index (χ0v) is 6.69. The van der Waals surface area contributed by atoms with Crippen molar-refractivity contribution < 1.29 is 15.0 Å². The molecule has 0 aromatic heterocycles. The Bertz CT molecular complexity index is 281. The molecule has 0 aliphatic heterocycles. The molecule has 0 aliphatic carbocycles. The quantitative estimate of drug-likeness (QED) is 0.682. The average molecular weight is 190 g/mol. The van der Waals surface area contributed by atoms with Crippen molar-refractivity contribution in [1.82, 2.24) is 0 Å². The number of rotatable bonds is 2. The Kier molecular flexibility index (Phi) is 5.06. The molecule has 66 valence electrons. The number of hydrogen-bond acceptors (Lipinski definition) is 2. The number of carboxylic acid groups (broad SMARTS) is 1. The Morgan fingerprint density at radius 1 is 1.31 bits per heavy atom. The Morgan fingerprint density at radius 3 is 2.15 bits per heavy atom. The zero-order valence-electron chi connectivity index (χ0n) is 6.69. The van der Waals surface area contributed by atoms with Gasteiger partial charge in [0.2, 0.25) is 0 Å². The third kappa shape index (κ3) is 3.38. The summed E-state index contributed by atoms with van der Waals surface area (Å²) in [6.07, 6.45) is 0. The Balaban J connectivity index is 0.00000144. The maximum atomic E-state index is 10.5. The van der Waals surface area contributed by atoms with Crippen LogP contribution < -0.4 is 0 Å².